The van der Waals surface area contributed by atoms with Crippen LogP contribution in [-0.4, -0.2) is 36.6 Å². The van der Waals surface area contributed by atoms with Gasteiger partial charge in [0.1, 0.15) is 11.6 Å². The summed E-state index contributed by atoms with van der Waals surface area (Å²) in [5.74, 6) is -1.52. The number of piperidine rings is 1. The SMILES string of the molecule is CCOC(=O)C1CCN(C(=O)NCc2cc(F)ccc2F)CC1. The first-order chi connectivity index (χ1) is 11.0. The molecule has 0 bridgehead atoms. The zero-order valence-electron chi connectivity index (χ0n) is 13.0. The van der Waals surface area contributed by atoms with Gasteiger partial charge in [-0.1, -0.05) is 0 Å². The predicted octanol–water partition coefficient (Wildman–Crippen LogP) is 2.45. The molecule has 0 spiro atoms. The number of benzene rings is 1. The van der Waals surface area contributed by atoms with Crippen LogP contribution in [0.4, 0.5) is 13.6 Å². The molecule has 0 unspecified atom stereocenters. The van der Waals surface area contributed by atoms with Gasteiger partial charge in [0.15, 0.2) is 0 Å². The molecule has 1 aromatic rings. The Kier molecular flexibility index (Phi) is 5.90. The van der Waals surface area contributed by atoms with Crippen molar-refractivity contribution in [3.8, 4) is 0 Å². The van der Waals surface area contributed by atoms with Crippen molar-refractivity contribution in [2.45, 2.75) is 26.3 Å². The van der Waals surface area contributed by atoms with Crippen LogP contribution >= 0.6 is 0 Å². The van der Waals surface area contributed by atoms with E-state index in [9.17, 15) is 18.4 Å². The van der Waals surface area contributed by atoms with E-state index < -0.39 is 11.6 Å². The Morgan fingerprint density at radius 2 is 2.00 bits per heavy atom. The van der Waals surface area contributed by atoms with Gasteiger partial charge in [-0.05, 0) is 38.0 Å². The molecule has 0 aliphatic carbocycles. The summed E-state index contributed by atoms with van der Waals surface area (Å²) >= 11 is 0. The summed E-state index contributed by atoms with van der Waals surface area (Å²) in [7, 11) is 0. The molecule has 1 N–H and O–H groups in total. The standard InChI is InChI=1S/C16H20F2N2O3/c1-2-23-15(21)11-5-7-20(8-6-11)16(22)19-10-12-9-13(17)3-4-14(12)18/h3-4,9,11H,2,5-8,10H2,1H3,(H,19,22). The number of rotatable bonds is 4. The summed E-state index contributed by atoms with van der Waals surface area (Å²) < 4.78 is 31.5. The number of hydrogen-bond acceptors (Lipinski definition) is 3. The van der Waals surface area contributed by atoms with Gasteiger partial charge in [-0.3, -0.25) is 4.79 Å². The highest BCUT2D eigenvalue weighted by molar-refractivity contribution is 5.76. The quantitative estimate of drug-likeness (QED) is 0.865. The van der Waals surface area contributed by atoms with E-state index in [1.807, 2.05) is 0 Å². The first-order valence-electron chi connectivity index (χ1n) is 7.64. The van der Waals surface area contributed by atoms with Crippen LogP contribution < -0.4 is 5.32 Å². The van der Waals surface area contributed by atoms with Crippen LogP contribution in [0.1, 0.15) is 25.3 Å². The Bertz CT molecular complexity index is 572. The smallest absolute Gasteiger partial charge is 0.317 e. The van der Waals surface area contributed by atoms with Crippen LogP contribution in [0.15, 0.2) is 18.2 Å². The summed E-state index contributed by atoms with van der Waals surface area (Å²) in [4.78, 5) is 25.3. The third-order valence-electron chi connectivity index (χ3n) is 3.84. The third-order valence-corrected chi connectivity index (χ3v) is 3.84. The molecule has 1 aliphatic rings. The van der Waals surface area contributed by atoms with Crippen LogP contribution in [0.5, 0.6) is 0 Å². The molecular weight excluding hydrogens is 306 g/mol. The summed E-state index contributed by atoms with van der Waals surface area (Å²) in [6.45, 7) is 2.88. The van der Waals surface area contributed by atoms with Crippen molar-refractivity contribution in [3.63, 3.8) is 0 Å². The number of carbonyl (C=O) groups is 2. The molecular formula is C16H20F2N2O3. The normalized spacial score (nSPS) is 15.3. The molecule has 23 heavy (non-hydrogen) atoms. The summed E-state index contributed by atoms with van der Waals surface area (Å²) in [5, 5.41) is 2.57. The zero-order chi connectivity index (χ0) is 16.8. The predicted molar refractivity (Wildman–Crippen MR) is 79.5 cm³/mol. The lowest BCUT2D eigenvalue weighted by atomic mass is 9.97. The van der Waals surface area contributed by atoms with Crippen molar-refractivity contribution in [3.05, 3.63) is 35.4 Å². The molecule has 126 valence electrons. The van der Waals surface area contributed by atoms with E-state index in [1.54, 1.807) is 11.8 Å². The van der Waals surface area contributed by atoms with Crippen LogP contribution in [0.25, 0.3) is 0 Å². The van der Waals surface area contributed by atoms with Gasteiger partial charge in [0, 0.05) is 25.2 Å². The lowest BCUT2D eigenvalue weighted by Crippen LogP contribution is -2.45. The molecule has 2 rings (SSSR count). The Hall–Kier alpha value is -2.18. The van der Waals surface area contributed by atoms with Gasteiger partial charge in [0.25, 0.3) is 0 Å². The molecule has 1 fully saturated rings. The third kappa shape index (κ3) is 4.64. The summed E-state index contributed by atoms with van der Waals surface area (Å²) in [6, 6.07) is 2.77. The van der Waals surface area contributed by atoms with E-state index in [-0.39, 0.29) is 30.0 Å². The molecule has 0 atom stereocenters. The fraction of sp³-hybridized carbons (Fsp3) is 0.500. The highest BCUT2D eigenvalue weighted by Crippen LogP contribution is 2.19. The van der Waals surface area contributed by atoms with Gasteiger partial charge in [0.05, 0.1) is 12.5 Å². The number of hydrogen-bond donors (Lipinski definition) is 1. The van der Waals surface area contributed by atoms with Crippen molar-refractivity contribution in [1.29, 1.82) is 0 Å². The number of nitrogens with one attached hydrogen (secondary N) is 1. The Balaban J connectivity index is 1.81. The number of carbonyl (C=O) groups excluding carboxylic acids is 2. The number of nitrogens with zero attached hydrogens (tertiary/aromatic N) is 1. The van der Waals surface area contributed by atoms with E-state index in [4.69, 9.17) is 4.74 Å². The van der Waals surface area contributed by atoms with E-state index in [0.717, 1.165) is 18.2 Å². The molecule has 1 saturated heterocycles. The van der Waals surface area contributed by atoms with Crippen LogP contribution in [0.2, 0.25) is 0 Å². The van der Waals surface area contributed by atoms with Crippen LogP contribution in [-0.2, 0) is 16.1 Å². The molecule has 7 heteroatoms. The van der Waals surface area contributed by atoms with E-state index >= 15 is 0 Å². The first-order valence-corrected chi connectivity index (χ1v) is 7.64. The van der Waals surface area contributed by atoms with Crippen molar-refractivity contribution in [1.82, 2.24) is 10.2 Å². The highest BCUT2D eigenvalue weighted by Gasteiger charge is 2.28. The largest absolute Gasteiger partial charge is 0.466 e. The fourth-order valence-corrected chi connectivity index (χ4v) is 2.54. The molecule has 1 heterocycles. The average molecular weight is 326 g/mol. The Morgan fingerprint density at radius 1 is 1.30 bits per heavy atom. The number of ether oxygens (including phenoxy) is 1. The second-order valence-electron chi connectivity index (χ2n) is 5.41. The Morgan fingerprint density at radius 3 is 2.65 bits per heavy atom. The molecule has 0 aromatic heterocycles. The molecule has 2 amide bonds. The number of urea groups is 1. The molecule has 0 radical (unpaired) electrons. The van der Waals surface area contributed by atoms with Crippen molar-refractivity contribution in [2.24, 2.45) is 5.92 Å². The van der Waals surface area contributed by atoms with Crippen LogP contribution in [0, 0.1) is 17.6 Å². The summed E-state index contributed by atoms with van der Waals surface area (Å²) in [5.41, 5.74) is 0.0970. The van der Waals surface area contributed by atoms with Gasteiger partial charge in [-0.15, -0.1) is 0 Å². The Labute approximate surface area is 133 Å². The number of esters is 1. The van der Waals surface area contributed by atoms with Crippen molar-refractivity contribution in [2.75, 3.05) is 19.7 Å². The lowest BCUT2D eigenvalue weighted by Gasteiger charge is -2.30. The van der Waals surface area contributed by atoms with Gasteiger partial charge >= 0.3 is 12.0 Å². The van der Waals surface area contributed by atoms with Crippen molar-refractivity contribution >= 4 is 12.0 Å². The fourth-order valence-electron chi connectivity index (χ4n) is 2.54. The van der Waals surface area contributed by atoms with E-state index in [0.29, 0.717) is 32.5 Å². The maximum absolute atomic E-state index is 13.5. The molecule has 1 aliphatic heterocycles. The van der Waals surface area contributed by atoms with Gasteiger partial charge in [0.2, 0.25) is 0 Å². The van der Waals surface area contributed by atoms with Gasteiger partial charge in [-0.2, -0.15) is 0 Å². The molecule has 5 nitrogen and oxygen atoms in total. The van der Waals surface area contributed by atoms with Gasteiger partial charge in [-0.25, -0.2) is 13.6 Å². The molecule has 1 aromatic carbocycles. The minimum Gasteiger partial charge on any atom is -0.466 e. The monoisotopic (exact) mass is 326 g/mol. The maximum atomic E-state index is 13.5. The van der Waals surface area contributed by atoms with Gasteiger partial charge < -0.3 is 15.0 Å². The first kappa shape index (κ1) is 17.2. The average Bonchev–Trinajstić information content (AvgIpc) is 2.55. The minimum atomic E-state index is -0.562. The van der Waals surface area contributed by atoms with Crippen LogP contribution in [0.3, 0.4) is 0 Å². The second-order valence-corrected chi connectivity index (χ2v) is 5.41. The molecule has 0 saturated carbocycles. The lowest BCUT2D eigenvalue weighted by molar-refractivity contribution is -0.149. The maximum Gasteiger partial charge on any atom is 0.317 e. The minimum absolute atomic E-state index is 0.0831. The topological polar surface area (TPSA) is 58.6 Å². The number of likely N-dealkylation sites (tertiary alicyclic amines) is 1. The number of amides is 2. The van der Waals surface area contributed by atoms with E-state index in [1.165, 1.54) is 0 Å². The van der Waals surface area contributed by atoms with Crippen molar-refractivity contribution < 1.29 is 23.1 Å². The second kappa shape index (κ2) is 7.89. The number of halogens is 2. The zero-order valence-corrected chi connectivity index (χ0v) is 13.0. The van der Waals surface area contributed by atoms with E-state index in [2.05, 4.69) is 5.32 Å². The highest BCUT2D eigenvalue weighted by atomic mass is 19.1. The summed E-state index contributed by atoms with van der Waals surface area (Å²) in [6.07, 6.45) is 1.08.